The summed E-state index contributed by atoms with van der Waals surface area (Å²) in [5, 5.41) is 2.82. The number of para-hydroxylation sites is 1. The third kappa shape index (κ3) is 4.16. The largest absolute Gasteiger partial charge is 0.337 e. The van der Waals surface area contributed by atoms with E-state index in [0.29, 0.717) is 45.9 Å². The Morgan fingerprint density at radius 3 is 2.24 bits per heavy atom. The Balaban J connectivity index is 1.81. The zero-order valence-corrected chi connectivity index (χ0v) is 15.8. The Morgan fingerprint density at radius 1 is 0.960 bits per heavy atom. The van der Waals surface area contributed by atoms with Crippen molar-refractivity contribution in [1.29, 1.82) is 0 Å². The summed E-state index contributed by atoms with van der Waals surface area (Å²) >= 11 is 3.36. The number of halogens is 1. The van der Waals surface area contributed by atoms with Gasteiger partial charge in [0, 0.05) is 39.9 Å². The Labute approximate surface area is 157 Å². The second-order valence-electron chi connectivity index (χ2n) is 5.62. The van der Waals surface area contributed by atoms with Gasteiger partial charge in [-0.05, 0) is 40.2 Å². The summed E-state index contributed by atoms with van der Waals surface area (Å²) in [4.78, 5) is 27.0. The van der Waals surface area contributed by atoms with Crippen molar-refractivity contribution < 1.29 is 13.8 Å². The molecule has 2 aromatic carbocycles. The van der Waals surface area contributed by atoms with Crippen molar-refractivity contribution in [3.8, 4) is 0 Å². The van der Waals surface area contributed by atoms with Crippen LogP contribution in [-0.2, 0) is 10.8 Å². The van der Waals surface area contributed by atoms with Gasteiger partial charge < -0.3 is 10.2 Å². The summed E-state index contributed by atoms with van der Waals surface area (Å²) in [5.41, 5.74) is 1.41. The maximum Gasteiger partial charge on any atom is 0.256 e. The van der Waals surface area contributed by atoms with Gasteiger partial charge in [-0.25, -0.2) is 0 Å². The highest BCUT2D eigenvalue weighted by molar-refractivity contribution is 9.10. The Bertz CT molecular complexity index is 831. The number of rotatable bonds is 3. The maximum atomic E-state index is 12.8. The number of benzene rings is 2. The lowest BCUT2D eigenvalue weighted by Crippen LogP contribution is -2.42. The number of hydrogen-bond donors (Lipinski definition) is 1. The molecule has 2 aromatic rings. The molecule has 2 amide bonds. The fraction of sp³-hybridized carbons (Fsp3) is 0.222. The van der Waals surface area contributed by atoms with E-state index in [-0.39, 0.29) is 11.8 Å². The van der Waals surface area contributed by atoms with Gasteiger partial charge in [-0.15, -0.1) is 0 Å². The van der Waals surface area contributed by atoms with E-state index in [1.54, 1.807) is 47.4 Å². The highest BCUT2D eigenvalue weighted by Gasteiger charge is 2.23. The normalized spacial score (nSPS) is 15.0. The molecule has 1 N–H and O–H groups in total. The van der Waals surface area contributed by atoms with Crippen LogP contribution in [0.5, 0.6) is 0 Å². The third-order valence-electron chi connectivity index (χ3n) is 3.99. The molecule has 0 aromatic heterocycles. The van der Waals surface area contributed by atoms with Gasteiger partial charge in [0.1, 0.15) is 0 Å². The number of nitrogens with zero attached hydrogens (tertiary/aromatic N) is 1. The van der Waals surface area contributed by atoms with Gasteiger partial charge in [-0.2, -0.15) is 0 Å². The van der Waals surface area contributed by atoms with Crippen LogP contribution in [0.25, 0.3) is 0 Å². The highest BCUT2D eigenvalue weighted by atomic mass is 79.9. The lowest BCUT2D eigenvalue weighted by molar-refractivity contribution is 0.0772. The molecule has 1 saturated heterocycles. The molecule has 1 fully saturated rings. The van der Waals surface area contributed by atoms with Gasteiger partial charge in [-0.1, -0.05) is 24.3 Å². The van der Waals surface area contributed by atoms with E-state index in [1.165, 1.54) is 0 Å². The number of hydrogen-bond acceptors (Lipinski definition) is 3. The first kappa shape index (κ1) is 17.8. The minimum Gasteiger partial charge on any atom is -0.337 e. The molecular formula is C18H17BrN2O3S. The molecule has 0 aliphatic carbocycles. The number of amides is 2. The van der Waals surface area contributed by atoms with Gasteiger partial charge in [0.25, 0.3) is 11.8 Å². The lowest BCUT2D eigenvalue weighted by atomic mass is 10.1. The minimum atomic E-state index is -0.845. The quantitative estimate of drug-likeness (QED) is 0.829. The first-order chi connectivity index (χ1) is 12.1. The minimum absolute atomic E-state index is 0.153. The van der Waals surface area contributed by atoms with Crippen LogP contribution in [0.1, 0.15) is 20.7 Å². The van der Waals surface area contributed by atoms with Crippen molar-refractivity contribution in [2.45, 2.75) is 0 Å². The zero-order chi connectivity index (χ0) is 17.8. The van der Waals surface area contributed by atoms with E-state index in [1.807, 2.05) is 6.07 Å². The Morgan fingerprint density at radius 2 is 1.56 bits per heavy atom. The van der Waals surface area contributed by atoms with E-state index in [2.05, 4.69) is 21.2 Å². The van der Waals surface area contributed by atoms with Gasteiger partial charge in [0.15, 0.2) is 0 Å². The molecule has 3 rings (SSSR count). The maximum absolute atomic E-state index is 12.8. The van der Waals surface area contributed by atoms with Crippen LogP contribution in [0.4, 0.5) is 5.69 Å². The summed E-state index contributed by atoms with van der Waals surface area (Å²) in [6, 6.07) is 14.1. The standard InChI is InChI=1S/C18H17BrN2O3S/c19-15-7-3-1-5-13(15)17(22)20-16-8-4-2-6-14(16)18(23)21-9-11-25(24)12-10-21/h1-8H,9-12H2,(H,20,22). The van der Waals surface area contributed by atoms with Crippen LogP contribution in [0, 0.1) is 0 Å². The molecule has 5 nitrogen and oxygen atoms in total. The van der Waals surface area contributed by atoms with E-state index >= 15 is 0 Å². The van der Waals surface area contributed by atoms with Gasteiger partial charge in [0.05, 0.1) is 16.8 Å². The predicted molar refractivity (Wildman–Crippen MR) is 102 cm³/mol. The van der Waals surface area contributed by atoms with Crippen LogP contribution in [0.15, 0.2) is 53.0 Å². The molecule has 130 valence electrons. The predicted octanol–water partition coefficient (Wildman–Crippen LogP) is 2.91. The third-order valence-corrected chi connectivity index (χ3v) is 5.96. The lowest BCUT2D eigenvalue weighted by Gasteiger charge is -2.27. The van der Waals surface area contributed by atoms with Crippen LogP contribution in [0.2, 0.25) is 0 Å². The number of carbonyl (C=O) groups excluding carboxylic acids is 2. The van der Waals surface area contributed by atoms with Gasteiger partial charge in [-0.3, -0.25) is 13.8 Å². The molecule has 1 heterocycles. The number of nitrogens with one attached hydrogen (secondary N) is 1. The van der Waals surface area contributed by atoms with Crippen LogP contribution < -0.4 is 5.32 Å². The van der Waals surface area contributed by atoms with Crippen molar-refractivity contribution in [2.75, 3.05) is 29.9 Å². The SMILES string of the molecule is O=C(Nc1ccccc1C(=O)N1CCS(=O)CC1)c1ccccc1Br. The molecule has 0 unspecified atom stereocenters. The molecule has 0 atom stereocenters. The summed E-state index contributed by atoms with van der Waals surface area (Å²) in [7, 11) is -0.845. The fourth-order valence-corrected chi connectivity index (χ4v) is 4.14. The second-order valence-corrected chi connectivity index (χ2v) is 8.17. The molecule has 1 aliphatic heterocycles. The topological polar surface area (TPSA) is 66.5 Å². The van der Waals surface area contributed by atoms with Crippen LogP contribution in [-0.4, -0.2) is 45.5 Å². The average molecular weight is 421 g/mol. The van der Waals surface area contributed by atoms with Crippen molar-refractivity contribution in [3.63, 3.8) is 0 Å². The van der Waals surface area contributed by atoms with Crippen molar-refractivity contribution in [1.82, 2.24) is 4.90 Å². The summed E-state index contributed by atoms with van der Waals surface area (Å²) in [5.74, 6) is 0.557. The monoisotopic (exact) mass is 420 g/mol. The molecule has 0 radical (unpaired) electrons. The van der Waals surface area contributed by atoms with E-state index in [4.69, 9.17) is 0 Å². The van der Waals surface area contributed by atoms with E-state index in [9.17, 15) is 13.8 Å². The first-order valence-corrected chi connectivity index (χ1v) is 10.1. The molecule has 1 aliphatic rings. The fourth-order valence-electron chi connectivity index (χ4n) is 2.62. The summed E-state index contributed by atoms with van der Waals surface area (Å²) in [6.07, 6.45) is 0. The van der Waals surface area contributed by atoms with E-state index in [0.717, 1.165) is 0 Å². The van der Waals surface area contributed by atoms with Crippen molar-refractivity contribution in [2.24, 2.45) is 0 Å². The van der Waals surface area contributed by atoms with Gasteiger partial charge in [0.2, 0.25) is 0 Å². The number of anilines is 1. The highest BCUT2D eigenvalue weighted by Crippen LogP contribution is 2.21. The summed E-state index contributed by atoms with van der Waals surface area (Å²) < 4.78 is 12.2. The second kappa shape index (κ2) is 7.93. The zero-order valence-electron chi connectivity index (χ0n) is 13.4. The molecule has 25 heavy (non-hydrogen) atoms. The van der Waals surface area contributed by atoms with Gasteiger partial charge >= 0.3 is 0 Å². The first-order valence-electron chi connectivity index (χ1n) is 7.85. The summed E-state index contributed by atoms with van der Waals surface area (Å²) in [6.45, 7) is 0.940. The molecular weight excluding hydrogens is 404 g/mol. The average Bonchev–Trinajstić information content (AvgIpc) is 2.62. The van der Waals surface area contributed by atoms with Crippen molar-refractivity contribution >= 4 is 44.2 Å². The molecule has 0 spiro atoms. The number of carbonyl (C=O) groups is 2. The van der Waals surface area contributed by atoms with Crippen LogP contribution >= 0.6 is 15.9 Å². The molecule has 0 saturated carbocycles. The Hall–Kier alpha value is -1.99. The molecule has 0 bridgehead atoms. The molecule has 7 heteroatoms. The smallest absolute Gasteiger partial charge is 0.256 e. The van der Waals surface area contributed by atoms with Crippen molar-refractivity contribution in [3.05, 3.63) is 64.1 Å². The Kier molecular flexibility index (Phi) is 5.65. The van der Waals surface area contributed by atoms with Crippen LogP contribution in [0.3, 0.4) is 0 Å². The van der Waals surface area contributed by atoms with E-state index < -0.39 is 10.8 Å².